The van der Waals surface area contributed by atoms with Crippen molar-refractivity contribution >= 4 is 11.7 Å². The molecule has 164 valence electrons. The van der Waals surface area contributed by atoms with Crippen LogP contribution in [0.4, 0.5) is 0 Å². The van der Waals surface area contributed by atoms with Gasteiger partial charge in [-0.2, -0.15) is 0 Å². The summed E-state index contributed by atoms with van der Waals surface area (Å²) in [7, 11) is 1.62. The predicted octanol–water partition coefficient (Wildman–Crippen LogP) is 5.79. The van der Waals surface area contributed by atoms with Crippen LogP contribution >= 0.6 is 0 Å². The first-order valence-corrected chi connectivity index (χ1v) is 10.9. The monoisotopic (exact) mass is 421 g/mol. The fourth-order valence-corrected chi connectivity index (χ4v) is 3.91. The minimum absolute atomic E-state index is 0.288. The Bertz CT molecular complexity index is 950. The van der Waals surface area contributed by atoms with Crippen LogP contribution in [0.25, 0.3) is 0 Å². The van der Waals surface area contributed by atoms with E-state index in [1.807, 2.05) is 37.3 Å². The minimum Gasteiger partial charge on any atom is -0.496 e. The first-order chi connectivity index (χ1) is 15.1. The van der Waals surface area contributed by atoms with Crippen molar-refractivity contribution < 1.29 is 19.0 Å². The van der Waals surface area contributed by atoms with E-state index in [0.29, 0.717) is 35.0 Å². The lowest BCUT2D eigenvalue weighted by Gasteiger charge is -2.21. The van der Waals surface area contributed by atoms with Crippen molar-refractivity contribution in [2.45, 2.75) is 39.5 Å². The standard InChI is InChI=1S/C26H31NO4/c1-5-7-16-30-22-17-21(24-19(11-6-2)14-15-27-24)25(29-4)18(3)23(22)26(28)31-20-12-9-8-10-13-20/h6,8-10,12-13,17,19H,2,5,7,11,14-16H2,1,3-4H3. The zero-order valence-electron chi connectivity index (χ0n) is 18.6. The molecule has 1 atom stereocenters. The maximum absolute atomic E-state index is 13.2. The highest BCUT2D eigenvalue weighted by molar-refractivity contribution is 6.08. The molecule has 0 saturated carbocycles. The fourth-order valence-electron chi connectivity index (χ4n) is 3.91. The molecule has 0 aromatic heterocycles. The van der Waals surface area contributed by atoms with Crippen molar-refractivity contribution in [3.05, 3.63) is 65.7 Å². The van der Waals surface area contributed by atoms with Crippen molar-refractivity contribution in [1.29, 1.82) is 0 Å². The summed E-state index contributed by atoms with van der Waals surface area (Å²) in [6.45, 7) is 9.16. The number of rotatable bonds is 10. The lowest BCUT2D eigenvalue weighted by Crippen LogP contribution is -2.18. The van der Waals surface area contributed by atoms with Gasteiger partial charge in [0.05, 0.1) is 13.7 Å². The molecule has 0 saturated heterocycles. The van der Waals surface area contributed by atoms with E-state index >= 15 is 0 Å². The molecule has 3 rings (SSSR count). The Labute approximate surface area is 184 Å². The number of ether oxygens (including phenoxy) is 3. The molecule has 2 aromatic rings. The first-order valence-electron chi connectivity index (χ1n) is 10.9. The predicted molar refractivity (Wildman–Crippen MR) is 124 cm³/mol. The largest absolute Gasteiger partial charge is 0.496 e. The van der Waals surface area contributed by atoms with Gasteiger partial charge in [-0.3, -0.25) is 4.99 Å². The summed E-state index contributed by atoms with van der Waals surface area (Å²) in [5, 5.41) is 0. The summed E-state index contributed by atoms with van der Waals surface area (Å²) in [5.74, 6) is 1.46. The van der Waals surface area contributed by atoms with E-state index in [0.717, 1.165) is 43.5 Å². The Balaban J connectivity index is 2.06. The summed E-state index contributed by atoms with van der Waals surface area (Å²) in [6.07, 6.45) is 5.65. The van der Waals surface area contributed by atoms with E-state index in [2.05, 4.69) is 13.5 Å². The van der Waals surface area contributed by atoms with Crippen molar-refractivity contribution in [3.63, 3.8) is 0 Å². The van der Waals surface area contributed by atoms with Crippen LogP contribution in [0.1, 0.15) is 54.1 Å². The third-order valence-electron chi connectivity index (χ3n) is 5.47. The van der Waals surface area contributed by atoms with E-state index in [-0.39, 0.29) is 5.92 Å². The summed E-state index contributed by atoms with van der Waals surface area (Å²) in [5.41, 5.74) is 2.95. The Hall–Kier alpha value is -3.08. The molecule has 0 fully saturated rings. The van der Waals surface area contributed by atoms with E-state index in [9.17, 15) is 4.79 Å². The Morgan fingerprint density at radius 2 is 2.06 bits per heavy atom. The number of aliphatic imine (C=N–C) groups is 1. The van der Waals surface area contributed by atoms with Gasteiger partial charge in [0.25, 0.3) is 0 Å². The van der Waals surface area contributed by atoms with Crippen LogP contribution < -0.4 is 14.2 Å². The van der Waals surface area contributed by atoms with Crippen LogP contribution in [-0.2, 0) is 0 Å². The van der Waals surface area contributed by atoms with Gasteiger partial charge >= 0.3 is 5.97 Å². The Kier molecular flexibility index (Phi) is 7.88. The SMILES string of the molecule is C=CCC1CCN=C1c1cc(OCCCC)c(C(=O)Oc2ccccc2)c(C)c1OC. The smallest absolute Gasteiger partial charge is 0.347 e. The van der Waals surface area contributed by atoms with Crippen molar-refractivity contribution in [1.82, 2.24) is 0 Å². The number of carbonyl (C=O) groups is 1. The molecule has 0 aliphatic carbocycles. The minimum atomic E-state index is -0.462. The number of hydrogen-bond acceptors (Lipinski definition) is 5. The van der Waals surface area contributed by atoms with Crippen LogP contribution in [0.3, 0.4) is 0 Å². The number of unbranched alkanes of at least 4 members (excludes halogenated alkanes) is 1. The first kappa shape index (κ1) is 22.6. The van der Waals surface area contributed by atoms with Crippen LogP contribution in [0.2, 0.25) is 0 Å². The lowest BCUT2D eigenvalue weighted by molar-refractivity contribution is 0.0729. The molecular formula is C26H31NO4. The molecule has 1 aliphatic heterocycles. The lowest BCUT2D eigenvalue weighted by atomic mass is 9.90. The van der Waals surface area contributed by atoms with Gasteiger partial charge in [0.15, 0.2) is 0 Å². The highest BCUT2D eigenvalue weighted by Gasteiger charge is 2.30. The fraction of sp³-hybridized carbons (Fsp3) is 0.385. The molecule has 0 amide bonds. The molecular weight excluding hydrogens is 390 g/mol. The maximum atomic E-state index is 13.2. The summed E-state index contributed by atoms with van der Waals surface area (Å²) in [6, 6.07) is 10.9. The van der Waals surface area contributed by atoms with Gasteiger partial charge in [-0.15, -0.1) is 6.58 Å². The van der Waals surface area contributed by atoms with Crippen LogP contribution in [0.5, 0.6) is 17.2 Å². The molecule has 2 aromatic carbocycles. The molecule has 0 bridgehead atoms. The second-order valence-electron chi connectivity index (χ2n) is 7.64. The summed E-state index contributed by atoms with van der Waals surface area (Å²) in [4.78, 5) is 17.9. The second kappa shape index (κ2) is 10.8. The van der Waals surface area contributed by atoms with Crippen molar-refractivity contribution in [2.24, 2.45) is 10.9 Å². The molecule has 1 heterocycles. The van der Waals surface area contributed by atoms with Crippen molar-refractivity contribution in [3.8, 4) is 17.2 Å². The topological polar surface area (TPSA) is 57.1 Å². The van der Waals surface area contributed by atoms with Gasteiger partial charge in [0.1, 0.15) is 22.8 Å². The molecule has 5 nitrogen and oxygen atoms in total. The number of methoxy groups -OCH3 is 1. The van der Waals surface area contributed by atoms with Gasteiger partial charge in [0.2, 0.25) is 0 Å². The molecule has 1 aliphatic rings. The van der Waals surface area contributed by atoms with Crippen molar-refractivity contribution in [2.75, 3.05) is 20.3 Å². The van der Waals surface area contributed by atoms with E-state index in [4.69, 9.17) is 19.2 Å². The molecule has 0 radical (unpaired) electrons. The molecule has 0 N–H and O–H groups in total. The zero-order valence-corrected chi connectivity index (χ0v) is 18.6. The van der Waals surface area contributed by atoms with Crippen LogP contribution in [-0.4, -0.2) is 31.9 Å². The maximum Gasteiger partial charge on any atom is 0.347 e. The van der Waals surface area contributed by atoms with Gasteiger partial charge in [-0.05, 0) is 44.4 Å². The van der Waals surface area contributed by atoms with Crippen LogP contribution in [0, 0.1) is 12.8 Å². The molecule has 5 heteroatoms. The molecule has 1 unspecified atom stereocenters. The Morgan fingerprint density at radius 1 is 1.29 bits per heavy atom. The van der Waals surface area contributed by atoms with E-state index in [1.54, 1.807) is 19.2 Å². The third kappa shape index (κ3) is 5.16. The van der Waals surface area contributed by atoms with E-state index in [1.165, 1.54) is 0 Å². The highest BCUT2D eigenvalue weighted by Crippen LogP contribution is 2.38. The number of nitrogens with zero attached hydrogens (tertiary/aromatic N) is 1. The highest BCUT2D eigenvalue weighted by atomic mass is 16.5. The number of para-hydroxylation sites is 1. The molecule has 31 heavy (non-hydrogen) atoms. The van der Waals surface area contributed by atoms with Gasteiger partial charge in [0, 0.05) is 29.3 Å². The van der Waals surface area contributed by atoms with Gasteiger partial charge < -0.3 is 14.2 Å². The quantitative estimate of drug-likeness (QED) is 0.211. The number of hydrogen-bond donors (Lipinski definition) is 0. The number of allylic oxidation sites excluding steroid dienone is 1. The summed E-state index contributed by atoms with van der Waals surface area (Å²) >= 11 is 0. The normalized spacial score (nSPS) is 15.3. The van der Waals surface area contributed by atoms with Crippen LogP contribution in [0.15, 0.2) is 54.0 Å². The summed E-state index contributed by atoms with van der Waals surface area (Å²) < 4.78 is 17.5. The Morgan fingerprint density at radius 3 is 2.74 bits per heavy atom. The second-order valence-corrected chi connectivity index (χ2v) is 7.64. The molecule has 0 spiro atoms. The number of benzene rings is 2. The zero-order chi connectivity index (χ0) is 22.2. The van der Waals surface area contributed by atoms with Gasteiger partial charge in [-0.25, -0.2) is 4.79 Å². The van der Waals surface area contributed by atoms with Gasteiger partial charge in [-0.1, -0.05) is 37.6 Å². The average molecular weight is 422 g/mol. The average Bonchev–Trinajstić information content (AvgIpc) is 3.22. The van der Waals surface area contributed by atoms with E-state index < -0.39 is 5.97 Å². The number of carbonyl (C=O) groups excluding carboxylic acids is 1. The third-order valence-corrected chi connectivity index (χ3v) is 5.47. The number of esters is 1.